The molecule has 2 aromatic carbocycles. The summed E-state index contributed by atoms with van der Waals surface area (Å²) in [6.45, 7) is 7.60. The number of ether oxygens (including phenoxy) is 2. The van der Waals surface area contributed by atoms with Gasteiger partial charge in [-0.05, 0) is 60.7 Å². The smallest absolute Gasteiger partial charge is 0.291 e. The van der Waals surface area contributed by atoms with Gasteiger partial charge in [-0.3, -0.25) is 4.79 Å². The van der Waals surface area contributed by atoms with Gasteiger partial charge in [0.05, 0.1) is 12.8 Å². The van der Waals surface area contributed by atoms with Gasteiger partial charge < -0.3 is 9.47 Å². The van der Waals surface area contributed by atoms with Gasteiger partial charge in [-0.25, -0.2) is 4.98 Å². The summed E-state index contributed by atoms with van der Waals surface area (Å²) in [5.41, 5.74) is 3.52. The number of fused-ring (bicyclic) bond motifs is 1. The zero-order chi connectivity index (χ0) is 20.5. The predicted molar refractivity (Wildman–Crippen MR) is 111 cm³/mol. The number of carbonyl (C=O) groups is 1. The van der Waals surface area contributed by atoms with Gasteiger partial charge in [-0.1, -0.05) is 18.7 Å². The lowest BCUT2D eigenvalue weighted by Gasteiger charge is -2.16. The summed E-state index contributed by atoms with van der Waals surface area (Å²) in [6, 6.07) is 13.3. The van der Waals surface area contributed by atoms with Crippen molar-refractivity contribution in [2.75, 3.05) is 7.11 Å². The minimum atomic E-state index is -0.346. The zero-order valence-electron chi connectivity index (χ0n) is 16.4. The summed E-state index contributed by atoms with van der Waals surface area (Å²) < 4.78 is 11.4. The molecule has 29 heavy (non-hydrogen) atoms. The molecule has 0 spiro atoms. The number of carbonyl (C=O) groups excluding carboxylic acids is 1. The van der Waals surface area contributed by atoms with E-state index in [1.807, 2.05) is 49.4 Å². The summed E-state index contributed by atoms with van der Waals surface area (Å²) in [5.74, 6) is 1.52. The van der Waals surface area contributed by atoms with Gasteiger partial charge in [-0.15, -0.1) is 10.2 Å². The van der Waals surface area contributed by atoms with Gasteiger partial charge >= 0.3 is 0 Å². The molecule has 2 heterocycles. The molecule has 0 unspecified atom stereocenters. The van der Waals surface area contributed by atoms with Gasteiger partial charge in [0.25, 0.3) is 5.91 Å². The Balaban J connectivity index is 1.71. The van der Waals surface area contributed by atoms with Gasteiger partial charge in [0.15, 0.2) is 0 Å². The molecule has 0 N–H and O–H groups in total. The van der Waals surface area contributed by atoms with Gasteiger partial charge in [-0.2, -0.15) is 0 Å². The van der Waals surface area contributed by atoms with E-state index in [0.29, 0.717) is 28.5 Å². The Hall–Kier alpha value is -3.80. The van der Waals surface area contributed by atoms with Crippen LogP contribution in [0, 0.1) is 6.92 Å². The van der Waals surface area contributed by atoms with Gasteiger partial charge in [0.1, 0.15) is 11.5 Å². The minimum Gasteiger partial charge on any atom is -0.497 e. The van der Waals surface area contributed by atoms with E-state index in [1.54, 1.807) is 20.2 Å². The third-order valence-corrected chi connectivity index (χ3v) is 4.86. The molecule has 0 aliphatic carbocycles. The molecule has 1 aromatic heterocycles. The minimum absolute atomic E-state index is 0.346. The first-order valence-corrected chi connectivity index (χ1v) is 9.06. The predicted octanol–water partition coefficient (Wildman–Crippen LogP) is 5.62. The topological polar surface area (TPSA) is 73.1 Å². The second-order valence-corrected chi connectivity index (χ2v) is 6.73. The highest BCUT2D eigenvalue weighted by molar-refractivity contribution is 6.05. The maximum atomic E-state index is 11.9. The van der Waals surface area contributed by atoms with Crippen molar-refractivity contribution in [1.82, 2.24) is 4.98 Å². The fraction of sp³-hybridized carbons (Fsp3) is 0.130. The van der Waals surface area contributed by atoms with Crippen LogP contribution in [0.15, 0.2) is 76.7 Å². The quantitative estimate of drug-likeness (QED) is 0.584. The number of aromatic nitrogens is 1. The first-order valence-electron chi connectivity index (χ1n) is 9.06. The molecule has 3 aromatic rings. The van der Waals surface area contributed by atoms with Crippen LogP contribution < -0.4 is 9.47 Å². The molecule has 0 saturated heterocycles. The number of pyridine rings is 1. The van der Waals surface area contributed by atoms with Crippen molar-refractivity contribution < 1.29 is 14.3 Å². The van der Waals surface area contributed by atoms with Crippen LogP contribution in [0.3, 0.4) is 0 Å². The molecular weight excluding hydrogens is 366 g/mol. The molecule has 1 amide bonds. The van der Waals surface area contributed by atoms with E-state index in [4.69, 9.17) is 9.47 Å². The fourth-order valence-corrected chi connectivity index (χ4v) is 3.33. The second kappa shape index (κ2) is 7.31. The summed E-state index contributed by atoms with van der Waals surface area (Å²) in [7, 11) is 1.63. The highest BCUT2D eigenvalue weighted by Gasteiger charge is 2.21. The van der Waals surface area contributed by atoms with Crippen LogP contribution in [-0.4, -0.2) is 18.0 Å². The molecule has 144 valence electrons. The fourth-order valence-electron chi connectivity index (χ4n) is 3.33. The van der Waals surface area contributed by atoms with Crippen molar-refractivity contribution in [3.05, 3.63) is 77.6 Å². The highest BCUT2D eigenvalue weighted by Crippen LogP contribution is 2.36. The summed E-state index contributed by atoms with van der Waals surface area (Å²) in [4.78, 5) is 16.3. The maximum absolute atomic E-state index is 11.9. The molecule has 1 aliphatic heterocycles. The third-order valence-electron chi connectivity index (χ3n) is 4.86. The lowest BCUT2D eigenvalue weighted by molar-refractivity contribution is -0.114. The average molecular weight is 385 g/mol. The molecular formula is C23H19N3O3. The number of nitrogens with zero attached hydrogens (tertiary/aromatic N) is 3. The Morgan fingerprint density at radius 2 is 1.76 bits per heavy atom. The molecule has 4 rings (SSSR count). The summed E-state index contributed by atoms with van der Waals surface area (Å²) in [5, 5.41) is 9.34. The number of rotatable bonds is 4. The van der Waals surface area contributed by atoms with Crippen molar-refractivity contribution in [2.45, 2.75) is 13.8 Å². The number of benzene rings is 2. The first kappa shape index (κ1) is 18.6. The molecule has 6 nitrogen and oxygen atoms in total. The zero-order valence-corrected chi connectivity index (χ0v) is 16.4. The molecule has 0 saturated carbocycles. The van der Waals surface area contributed by atoms with Crippen molar-refractivity contribution in [1.29, 1.82) is 0 Å². The first-order chi connectivity index (χ1) is 14.0. The van der Waals surface area contributed by atoms with Crippen molar-refractivity contribution in [2.24, 2.45) is 10.2 Å². The third kappa shape index (κ3) is 3.40. The van der Waals surface area contributed by atoms with E-state index in [0.717, 1.165) is 27.6 Å². The molecule has 0 atom stereocenters. The van der Waals surface area contributed by atoms with Crippen LogP contribution in [0.5, 0.6) is 17.4 Å². The van der Waals surface area contributed by atoms with E-state index in [2.05, 4.69) is 21.8 Å². The lowest BCUT2D eigenvalue weighted by Crippen LogP contribution is -2.06. The second-order valence-electron chi connectivity index (χ2n) is 6.73. The molecule has 0 fully saturated rings. The monoisotopic (exact) mass is 385 g/mol. The van der Waals surface area contributed by atoms with Crippen LogP contribution in [0.1, 0.15) is 18.1 Å². The Labute approximate surface area is 168 Å². The van der Waals surface area contributed by atoms with Crippen LogP contribution in [0.2, 0.25) is 0 Å². The summed E-state index contributed by atoms with van der Waals surface area (Å²) in [6.07, 6.45) is 1.71. The normalized spacial score (nSPS) is 13.9. The van der Waals surface area contributed by atoms with Crippen molar-refractivity contribution in [3.63, 3.8) is 0 Å². The van der Waals surface area contributed by atoms with Crippen LogP contribution in [0.4, 0.5) is 0 Å². The Morgan fingerprint density at radius 1 is 0.966 bits per heavy atom. The van der Waals surface area contributed by atoms with Crippen molar-refractivity contribution >= 4 is 22.3 Å². The Bertz CT molecular complexity index is 1230. The van der Waals surface area contributed by atoms with E-state index >= 15 is 0 Å². The number of azo groups is 1. The standard InChI is InChI=1S/C23H19N3O3/c1-13-11-18(7-8-19(13)21-14(2)22(27)26-25-15(21)3)29-23-20-12-17(28-4)6-5-16(20)9-10-24-23/h5-12H,3H2,1-2,4H3. The lowest BCUT2D eigenvalue weighted by atomic mass is 9.93. The molecule has 6 heteroatoms. The van der Waals surface area contributed by atoms with Crippen LogP contribution in [0.25, 0.3) is 16.3 Å². The largest absolute Gasteiger partial charge is 0.497 e. The number of amides is 1. The van der Waals surface area contributed by atoms with E-state index in [1.165, 1.54) is 0 Å². The number of hydrogen-bond acceptors (Lipinski definition) is 5. The Kier molecular flexibility index (Phi) is 4.68. The SMILES string of the molecule is C=C1N=NC(=O)C(C)=C1c1ccc(Oc2nccc3ccc(OC)cc23)cc1C. The highest BCUT2D eigenvalue weighted by atomic mass is 16.5. The maximum Gasteiger partial charge on any atom is 0.291 e. The average Bonchev–Trinajstić information content (AvgIpc) is 2.72. The van der Waals surface area contributed by atoms with Crippen LogP contribution >= 0.6 is 0 Å². The number of aryl methyl sites for hydroxylation is 1. The van der Waals surface area contributed by atoms with E-state index < -0.39 is 0 Å². The van der Waals surface area contributed by atoms with Gasteiger partial charge in [0.2, 0.25) is 5.88 Å². The molecule has 0 radical (unpaired) electrons. The van der Waals surface area contributed by atoms with Crippen LogP contribution in [-0.2, 0) is 4.79 Å². The number of hydrogen-bond donors (Lipinski definition) is 0. The molecule has 0 bridgehead atoms. The summed E-state index contributed by atoms with van der Waals surface area (Å²) >= 11 is 0. The number of methoxy groups -OCH3 is 1. The number of allylic oxidation sites excluding steroid dienone is 1. The Morgan fingerprint density at radius 3 is 2.52 bits per heavy atom. The van der Waals surface area contributed by atoms with E-state index in [-0.39, 0.29) is 5.91 Å². The van der Waals surface area contributed by atoms with Crippen molar-refractivity contribution in [3.8, 4) is 17.4 Å². The van der Waals surface area contributed by atoms with E-state index in [9.17, 15) is 4.79 Å². The van der Waals surface area contributed by atoms with Gasteiger partial charge in [0, 0.05) is 22.7 Å². The molecule has 1 aliphatic rings.